The molecule has 3 aromatic rings. The lowest BCUT2D eigenvalue weighted by atomic mass is 9.77. The van der Waals surface area contributed by atoms with Gasteiger partial charge in [-0.1, -0.05) is 84.9 Å². The third-order valence-electron chi connectivity index (χ3n) is 7.02. The van der Waals surface area contributed by atoms with Crippen LogP contribution in [-0.2, 0) is 11.3 Å². The van der Waals surface area contributed by atoms with Crippen LogP contribution < -0.4 is 0 Å². The Morgan fingerprint density at radius 1 is 0.667 bits per heavy atom. The zero-order valence-corrected chi connectivity index (χ0v) is 19.7. The van der Waals surface area contributed by atoms with Gasteiger partial charge >= 0.3 is 0 Å². The first-order chi connectivity index (χ1) is 16.3. The van der Waals surface area contributed by atoms with E-state index in [9.17, 15) is 0 Å². The molecule has 0 bridgehead atoms. The van der Waals surface area contributed by atoms with Gasteiger partial charge in [0.15, 0.2) is 0 Å². The monoisotopic (exact) mass is 436 g/mol. The van der Waals surface area contributed by atoms with Crippen molar-refractivity contribution in [3.63, 3.8) is 0 Å². The molecule has 4 rings (SSSR count). The highest BCUT2D eigenvalue weighted by molar-refractivity contribution is 5.70. The van der Waals surface area contributed by atoms with E-state index >= 15 is 0 Å². The second-order valence-electron chi connectivity index (χ2n) is 9.28. The molecule has 0 heterocycles. The van der Waals surface area contributed by atoms with Crippen LogP contribution in [0.25, 0.3) is 22.3 Å². The van der Waals surface area contributed by atoms with E-state index in [1.165, 1.54) is 71.9 Å². The van der Waals surface area contributed by atoms with Gasteiger partial charge in [0.1, 0.15) is 0 Å². The predicted molar refractivity (Wildman–Crippen MR) is 141 cm³/mol. The van der Waals surface area contributed by atoms with Gasteiger partial charge in [-0.3, -0.25) is 0 Å². The number of rotatable bonds is 10. The van der Waals surface area contributed by atoms with E-state index in [2.05, 4.69) is 92.0 Å². The highest BCUT2D eigenvalue weighted by atomic mass is 16.5. The van der Waals surface area contributed by atoms with Crippen molar-refractivity contribution in [2.75, 3.05) is 6.61 Å². The summed E-state index contributed by atoms with van der Waals surface area (Å²) in [5, 5.41) is 0. The second-order valence-corrected chi connectivity index (χ2v) is 9.28. The summed E-state index contributed by atoms with van der Waals surface area (Å²) in [6.07, 6.45) is 11.7. The largest absolute Gasteiger partial charge is 0.373 e. The van der Waals surface area contributed by atoms with Crippen LogP contribution in [0.3, 0.4) is 0 Å². The summed E-state index contributed by atoms with van der Waals surface area (Å²) in [4.78, 5) is 0. The lowest BCUT2D eigenvalue weighted by Crippen LogP contribution is -2.13. The van der Waals surface area contributed by atoms with Gasteiger partial charge in [0.2, 0.25) is 0 Å². The van der Waals surface area contributed by atoms with Gasteiger partial charge in [0.05, 0.1) is 13.2 Å². The van der Waals surface area contributed by atoms with Crippen molar-refractivity contribution in [2.24, 2.45) is 5.92 Å². The van der Waals surface area contributed by atoms with E-state index in [0.29, 0.717) is 13.2 Å². The van der Waals surface area contributed by atoms with Crippen LogP contribution in [0.5, 0.6) is 0 Å². The molecule has 0 aliphatic heterocycles. The summed E-state index contributed by atoms with van der Waals surface area (Å²) in [6.45, 7) is 8.76. The molecule has 0 saturated heterocycles. The van der Waals surface area contributed by atoms with E-state index in [-0.39, 0.29) is 0 Å². The molecular weight excluding hydrogens is 400 g/mol. The molecule has 1 aliphatic carbocycles. The average molecular weight is 437 g/mol. The molecule has 0 atom stereocenters. The van der Waals surface area contributed by atoms with E-state index in [1.807, 2.05) is 0 Å². The first-order valence-electron chi connectivity index (χ1n) is 12.4. The summed E-state index contributed by atoms with van der Waals surface area (Å²) in [6, 6.07) is 26.8. The van der Waals surface area contributed by atoms with Crippen LogP contribution in [0.4, 0.5) is 0 Å². The van der Waals surface area contributed by atoms with Crippen LogP contribution in [0, 0.1) is 5.92 Å². The summed E-state index contributed by atoms with van der Waals surface area (Å²) >= 11 is 0. The van der Waals surface area contributed by atoms with Gasteiger partial charge in [-0.05, 0) is 83.7 Å². The standard InChI is InChI=1S/C32H36O/c1-3-5-6-25-7-11-27(12-8-25)29-15-19-31(20-16-29)32-21-17-30(18-22-32)28-13-9-26(10-14-28)24-33-23-4-2/h3-4,9-10,13-22,25,27H,1-2,5-8,11-12,23-24H2/t25-,27-. The van der Waals surface area contributed by atoms with Crippen molar-refractivity contribution in [1.82, 2.24) is 0 Å². The van der Waals surface area contributed by atoms with Crippen molar-refractivity contribution in [2.45, 2.75) is 51.0 Å². The fraction of sp³-hybridized carbons (Fsp3) is 0.312. The van der Waals surface area contributed by atoms with Gasteiger partial charge in [0.25, 0.3) is 0 Å². The van der Waals surface area contributed by atoms with Crippen molar-refractivity contribution in [3.8, 4) is 22.3 Å². The Labute approximate surface area is 199 Å². The third kappa shape index (κ3) is 6.33. The van der Waals surface area contributed by atoms with Crippen molar-refractivity contribution in [3.05, 3.63) is 109 Å². The number of hydrogen-bond donors (Lipinski definition) is 0. The lowest BCUT2D eigenvalue weighted by Gasteiger charge is -2.28. The predicted octanol–water partition coefficient (Wildman–Crippen LogP) is 8.96. The Bertz CT molecular complexity index is 1000. The van der Waals surface area contributed by atoms with Gasteiger partial charge in [-0.2, -0.15) is 0 Å². The van der Waals surface area contributed by atoms with Crippen LogP contribution in [0.2, 0.25) is 0 Å². The Morgan fingerprint density at radius 3 is 1.70 bits per heavy atom. The molecule has 0 amide bonds. The quantitative estimate of drug-likeness (QED) is 0.228. The summed E-state index contributed by atoms with van der Waals surface area (Å²) in [5.74, 6) is 1.63. The second kappa shape index (κ2) is 11.8. The molecule has 1 aliphatic rings. The minimum atomic E-state index is 0.585. The van der Waals surface area contributed by atoms with Crippen LogP contribution in [0.1, 0.15) is 55.6 Å². The maximum absolute atomic E-state index is 5.52. The Hall–Kier alpha value is -2.90. The van der Waals surface area contributed by atoms with Gasteiger partial charge < -0.3 is 4.74 Å². The molecule has 1 saturated carbocycles. The van der Waals surface area contributed by atoms with Crippen LogP contribution in [0.15, 0.2) is 98.1 Å². The SMILES string of the molecule is C=CCC[C@H]1CC[C@H](c2ccc(-c3ccc(-c4ccc(COCC=C)cc4)cc3)cc2)CC1. The smallest absolute Gasteiger partial charge is 0.0721 e. The van der Waals surface area contributed by atoms with Gasteiger partial charge in [0, 0.05) is 0 Å². The van der Waals surface area contributed by atoms with Crippen molar-refractivity contribution in [1.29, 1.82) is 0 Å². The molecule has 0 unspecified atom stereocenters. The van der Waals surface area contributed by atoms with Crippen molar-refractivity contribution >= 4 is 0 Å². The molecule has 1 fully saturated rings. The molecule has 1 heteroatoms. The molecule has 3 aromatic carbocycles. The van der Waals surface area contributed by atoms with E-state index in [0.717, 1.165) is 11.8 Å². The van der Waals surface area contributed by atoms with Crippen molar-refractivity contribution < 1.29 is 4.74 Å². The van der Waals surface area contributed by atoms with Gasteiger partial charge in [-0.15, -0.1) is 13.2 Å². The minimum Gasteiger partial charge on any atom is -0.373 e. The molecular formula is C32H36O. The highest BCUT2D eigenvalue weighted by Gasteiger charge is 2.21. The van der Waals surface area contributed by atoms with E-state index in [1.54, 1.807) is 6.08 Å². The fourth-order valence-electron chi connectivity index (χ4n) is 4.99. The maximum Gasteiger partial charge on any atom is 0.0721 e. The number of benzene rings is 3. The summed E-state index contributed by atoms with van der Waals surface area (Å²) in [7, 11) is 0. The molecule has 0 radical (unpaired) electrons. The molecule has 0 aromatic heterocycles. The minimum absolute atomic E-state index is 0.585. The first kappa shape index (κ1) is 23.3. The zero-order chi connectivity index (χ0) is 22.9. The first-order valence-corrected chi connectivity index (χ1v) is 12.4. The lowest BCUT2D eigenvalue weighted by molar-refractivity contribution is 0.149. The number of ether oxygens (including phenoxy) is 1. The van der Waals surface area contributed by atoms with E-state index in [4.69, 9.17) is 4.74 Å². The fourth-order valence-corrected chi connectivity index (χ4v) is 4.99. The Balaban J connectivity index is 1.35. The summed E-state index contributed by atoms with van der Waals surface area (Å²) in [5.41, 5.74) is 7.72. The van der Waals surface area contributed by atoms with Gasteiger partial charge in [-0.25, -0.2) is 0 Å². The van der Waals surface area contributed by atoms with Crippen LogP contribution >= 0.6 is 0 Å². The van der Waals surface area contributed by atoms with E-state index < -0.39 is 0 Å². The number of allylic oxidation sites excluding steroid dienone is 1. The molecule has 1 nitrogen and oxygen atoms in total. The molecule has 0 N–H and O–H groups in total. The topological polar surface area (TPSA) is 9.23 Å². The number of hydrogen-bond acceptors (Lipinski definition) is 1. The molecule has 0 spiro atoms. The normalized spacial score (nSPS) is 18.1. The van der Waals surface area contributed by atoms with Crippen LogP contribution in [-0.4, -0.2) is 6.61 Å². The Morgan fingerprint density at radius 2 is 1.18 bits per heavy atom. The average Bonchev–Trinajstić information content (AvgIpc) is 2.89. The highest BCUT2D eigenvalue weighted by Crippen LogP contribution is 2.38. The third-order valence-corrected chi connectivity index (χ3v) is 7.02. The molecule has 170 valence electrons. The Kier molecular flexibility index (Phi) is 8.33. The summed E-state index contributed by atoms with van der Waals surface area (Å²) < 4.78 is 5.52. The molecule has 33 heavy (non-hydrogen) atoms. The maximum atomic E-state index is 5.52. The zero-order valence-electron chi connectivity index (χ0n) is 19.7.